The van der Waals surface area contributed by atoms with E-state index in [1.165, 1.54) is 35.4 Å². The van der Waals surface area contributed by atoms with Gasteiger partial charge in [0.1, 0.15) is 17.3 Å². The number of benzene rings is 2. The second-order valence-electron chi connectivity index (χ2n) is 6.56. The molecule has 2 aromatic carbocycles. The van der Waals surface area contributed by atoms with Gasteiger partial charge in [0.05, 0.1) is 24.4 Å². The molecule has 4 rings (SSSR count). The zero-order valence-corrected chi connectivity index (χ0v) is 15.8. The van der Waals surface area contributed by atoms with E-state index in [1.54, 1.807) is 36.4 Å². The number of Topliss-reactive ketones (excluding diaryl/α,β-unsaturated/α-hetero) is 1. The van der Waals surface area contributed by atoms with Crippen molar-refractivity contribution in [2.75, 3.05) is 0 Å². The van der Waals surface area contributed by atoms with Crippen molar-refractivity contribution in [3.05, 3.63) is 100 Å². The number of hydrogen-bond acceptors (Lipinski definition) is 4. The SMILES string of the molecule is O=C1C(=O)N(Cc2ccco2)C(c2ccc(Cl)cc2)/C1=C(/O)c1ccc(F)cc1. The van der Waals surface area contributed by atoms with Gasteiger partial charge in [-0.25, -0.2) is 4.39 Å². The van der Waals surface area contributed by atoms with E-state index in [9.17, 15) is 19.1 Å². The molecule has 1 aliphatic heterocycles. The number of likely N-dealkylation sites (tertiary alicyclic amines) is 1. The van der Waals surface area contributed by atoms with Gasteiger partial charge < -0.3 is 14.4 Å². The molecular weight excluding hydrogens is 397 g/mol. The second kappa shape index (κ2) is 7.56. The maximum absolute atomic E-state index is 13.3. The molecule has 1 amide bonds. The van der Waals surface area contributed by atoms with E-state index in [0.717, 1.165) is 0 Å². The van der Waals surface area contributed by atoms with Crippen LogP contribution in [0, 0.1) is 5.82 Å². The molecule has 0 bridgehead atoms. The highest BCUT2D eigenvalue weighted by Crippen LogP contribution is 2.40. The molecule has 29 heavy (non-hydrogen) atoms. The number of nitrogens with zero attached hydrogens (tertiary/aromatic N) is 1. The first-order valence-electron chi connectivity index (χ1n) is 8.78. The predicted molar refractivity (Wildman–Crippen MR) is 104 cm³/mol. The van der Waals surface area contributed by atoms with E-state index in [1.807, 2.05) is 0 Å². The summed E-state index contributed by atoms with van der Waals surface area (Å²) in [7, 11) is 0. The molecule has 1 fully saturated rings. The average Bonchev–Trinajstić information content (AvgIpc) is 3.31. The van der Waals surface area contributed by atoms with Crippen LogP contribution in [-0.2, 0) is 16.1 Å². The summed E-state index contributed by atoms with van der Waals surface area (Å²) in [5.41, 5.74) is 0.765. The third-order valence-corrected chi connectivity index (χ3v) is 5.00. The molecule has 3 aromatic rings. The fraction of sp³-hybridized carbons (Fsp3) is 0.0909. The molecule has 0 spiro atoms. The molecule has 0 radical (unpaired) electrons. The van der Waals surface area contributed by atoms with Crippen LogP contribution >= 0.6 is 11.6 Å². The zero-order valence-electron chi connectivity index (χ0n) is 15.0. The summed E-state index contributed by atoms with van der Waals surface area (Å²) in [5.74, 6) is -1.93. The van der Waals surface area contributed by atoms with Gasteiger partial charge in [-0.1, -0.05) is 23.7 Å². The minimum absolute atomic E-state index is 0.0467. The monoisotopic (exact) mass is 411 g/mol. The predicted octanol–water partition coefficient (Wildman–Crippen LogP) is 4.69. The quantitative estimate of drug-likeness (QED) is 0.384. The number of hydrogen-bond donors (Lipinski definition) is 1. The van der Waals surface area contributed by atoms with Crippen LogP contribution in [0.3, 0.4) is 0 Å². The summed E-state index contributed by atoms with van der Waals surface area (Å²) in [4.78, 5) is 27.0. The smallest absolute Gasteiger partial charge is 0.296 e. The van der Waals surface area contributed by atoms with Gasteiger partial charge >= 0.3 is 0 Å². The molecule has 1 aromatic heterocycles. The van der Waals surface area contributed by atoms with Gasteiger partial charge in [0.2, 0.25) is 0 Å². The Morgan fingerprint density at radius 3 is 2.38 bits per heavy atom. The molecule has 0 saturated carbocycles. The Labute approximate surface area is 170 Å². The normalized spacial score (nSPS) is 18.4. The molecule has 1 N–H and O–H groups in total. The maximum atomic E-state index is 13.3. The first kappa shape index (κ1) is 19.0. The number of aliphatic hydroxyl groups excluding tert-OH is 1. The van der Waals surface area contributed by atoms with Gasteiger partial charge in [-0.2, -0.15) is 0 Å². The van der Waals surface area contributed by atoms with E-state index in [2.05, 4.69) is 0 Å². The van der Waals surface area contributed by atoms with Crippen LogP contribution in [-0.4, -0.2) is 21.7 Å². The Morgan fingerprint density at radius 2 is 1.76 bits per heavy atom. The molecule has 2 heterocycles. The van der Waals surface area contributed by atoms with E-state index in [-0.39, 0.29) is 23.4 Å². The number of rotatable bonds is 4. The fourth-order valence-electron chi connectivity index (χ4n) is 3.37. The number of ketones is 1. The van der Waals surface area contributed by atoms with Crippen LogP contribution < -0.4 is 0 Å². The lowest BCUT2D eigenvalue weighted by Gasteiger charge is -2.24. The van der Waals surface area contributed by atoms with Crippen molar-refractivity contribution < 1.29 is 23.5 Å². The van der Waals surface area contributed by atoms with Gasteiger partial charge in [0, 0.05) is 10.6 Å². The third-order valence-electron chi connectivity index (χ3n) is 4.75. The van der Waals surface area contributed by atoms with Crippen molar-refractivity contribution in [3.8, 4) is 0 Å². The first-order chi connectivity index (χ1) is 14.0. The van der Waals surface area contributed by atoms with E-state index < -0.39 is 23.5 Å². The van der Waals surface area contributed by atoms with E-state index in [0.29, 0.717) is 16.3 Å². The Hall–Kier alpha value is -3.38. The minimum Gasteiger partial charge on any atom is -0.507 e. The molecule has 7 heteroatoms. The molecule has 0 aliphatic carbocycles. The molecule has 1 saturated heterocycles. The highest BCUT2D eigenvalue weighted by Gasteiger charge is 2.46. The van der Waals surface area contributed by atoms with Crippen molar-refractivity contribution in [3.63, 3.8) is 0 Å². The van der Waals surface area contributed by atoms with Crippen LogP contribution in [0.25, 0.3) is 5.76 Å². The highest BCUT2D eigenvalue weighted by molar-refractivity contribution is 6.46. The summed E-state index contributed by atoms with van der Waals surface area (Å²) in [5, 5.41) is 11.3. The lowest BCUT2D eigenvalue weighted by molar-refractivity contribution is -0.140. The number of halogens is 2. The van der Waals surface area contributed by atoms with Gasteiger partial charge in [-0.15, -0.1) is 0 Å². The first-order valence-corrected chi connectivity index (χ1v) is 9.15. The van der Waals surface area contributed by atoms with Crippen LogP contribution in [0.2, 0.25) is 5.02 Å². The van der Waals surface area contributed by atoms with Crippen LogP contribution in [0.1, 0.15) is 22.9 Å². The highest BCUT2D eigenvalue weighted by atomic mass is 35.5. The summed E-state index contributed by atoms with van der Waals surface area (Å²) >= 11 is 5.98. The van der Waals surface area contributed by atoms with Gasteiger partial charge in [-0.05, 0) is 54.1 Å². The van der Waals surface area contributed by atoms with Crippen molar-refractivity contribution >= 4 is 29.1 Å². The molecule has 1 unspecified atom stereocenters. The lowest BCUT2D eigenvalue weighted by Crippen LogP contribution is -2.29. The van der Waals surface area contributed by atoms with E-state index in [4.69, 9.17) is 16.0 Å². The van der Waals surface area contributed by atoms with Crippen LogP contribution in [0.4, 0.5) is 4.39 Å². The van der Waals surface area contributed by atoms with Crippen LogP contribution in [0.5, 0.6) is 0 Å². The summed E-state index contributed by atoms with van der Waals surface area (Å²) in [6.07, 6.45) is 1.47. The Kier molecular flexibility index (Phi) is 4.94. The summed E-state index contributed by atoms with van der Waals surface area (Å²) in [6.45, 7) is 0.0467. The fourth-order valence-corrected chi connectivity index (χ4v) is 3.49. The average molecular weight is 412 g/mol. The molecule has 146 valence electrons. The second-order valence-corrected chi connectivity index (χ2v) is 7.00. The lowest BCUT2D eigenvalue weighted by atomic mass is 9.95. The Bertz CT molecular complexity index is 1090. The minimum atomic E-state index is -0.845. The Morgan fingerprint density at radius 1 is 1.07 bits per heavy atom. The number of furan rings is 1. The molecule has 1 aliphatic rings. The topological polar surface area (TPSA) is 70.8 Å². The third kappa shape index (κ3) is 3.54. The summed E-state index contributed by atoms with van der Waals surface area (Å²) in [6, 6.07) is 14.2. The molecular formula is C22H15ClFNO4. The largest absolute Gasteiger partial charge is 0.507 e. The molecule has 5 nitrogen and oxygen atoms in total. The van der Waals surface area contributed by atoms with Crippen LogP contribution in [0.15, 0.2) is 76.9 Å². The van der Waals surface area contributed by atoms with Crippen molar-refractivity contribution in [1.29, 1.82) is 0 Å². The number of amides is 1. The van der Waals surface area contributed by atoms with Gasteiger partial charge in [0.15, 0.2) is 0 Å². The van der Waals surface area contributed by atoms with Gasteiger partial charge in [0.25, 0.3) is 11.7 Å². The zero-order chi connectivity index (χ0) is 20.5. The number of carbonyl (C=O) groups is 2. The van der Waals surface area contributed by atoms with Crippen molar-refractivity contribution in [1.82, 2.24) is 4.90 Å². The molecule has 1 atom stereocenters. The maximum Gasteiger partial charge on any atom is 0.296 e. The standard InChI is InChI=1S/C22H15ClFNO4/c23-15-7-3-13(4-8-15)19-18(20(26)14-5-9-16(24)10-6-14)21(27)22(28)25(19)12-17-2-1-11-29-17/h1-11,19,26H,12H2/b20-18-. The van der Waals surface area contributed by atoms with Crippen molar-refractivity contribution in [2.45, 2.75) is 12.6 Å². The van der Waals surface area contributed by atoms with Gasteiger partial charge in [-0.3, -0.25) is 9.59 Å². The number of carbonyl (C=O) groups excluding carboxylic acids is 2. The summed E-state index contributed by atoms with van der Waals surface area (Å²) < 4.78 is 18.6. The van der Waals surface area contributed by atoms with Crippen molar-refractivity contribution in [2.24, 2.45) is 0 Å². The Balaban J connectivity index is 1.86. The van der Waals surface area contributed by atoms with E-state index >= 15 is 0 Å². The number of aliphatic hydroxyl groups is 1.